The van der Waals surface area contributed by atoms with Crippen molar-refractivity contribution in [3.63, 3.8) is 0 Å². The zero-order chi connectivity index (χ0) is 24.7. The standard InChI is InChI=1S/C22H31N7O4S/c1-27(2)34(32,33)18-10-8-17(9-11-18)25-22(24-16-23)26-19-7-3-4-14-29(21(19)31)15-20(30)28-12-5-6-13-28/h8-11,19H,3-7,12-15H2,1-2H3,(H2,24,25,26). The molecule has 1 atom stereocenters. The van der Waals surface area contributed by atoms with Gasteiger partial charge >= 0.3 is 0 Å². The van der Waals surface area contributed by atoms with Gasteiger partial charge in [-0.3, -0.25) is 14.9 Å². The fourth-order valence-electron chi connectivity index (χ4n) is 3.95. The predicted molar refractivity (Wildman–Crippen MR) is 127 cm³/mol. The summed E-state index contributed by atoms with van der Waals surface area (Å²) in [6.45, 7) is 2.01. The predicted octanol–water partition coefficient (Wildman–Crippen LogP) is 0.779. The van der Waals surface area contributed by atoms with Crippen LogP contribution in [0.4, 0.5) is 5.69 Å². The molecule has 2 aliphatic rings. The minimum absolute atomic E-state index is 0.0428. The second-order valence-corrected chi connectivity index (χ2v) is 10.7. The first-order valence-electron chi connectivity index (χ1n) is 11.3. The molecule has 11 nitrogen and oxygen atoms in total. The Balaban J connectivity index is 1.73. The quantitative estimate of drug-likeness (QED) is 0.261. The number of benzene rings is 1. The molecule has 1 aromatic carbocycles. The van der Waals surface area contributed by atoms with E-state index < -0.39 is 16.1 Å². The molecule has 1 aromatic rings. The first kappa shape index (κ1) is 25.5. The van der Waals surface area contributed by atoms with Crippen LogP contribution in [0.3, 0.4) is 0 Å². The van der Waals surface area contributed by atoms with Gasteiger partial charge in [-0.2, -0.15) is 5.26 Å². The average Bonchev–Trinajstić information content (AvgIpc) is 3.30. The summed E-state index contributed by atoms with van der Waals surface area (Å²) < 4.78 is 25.6. The van der Waals surface area contributed by atoms with Gasteiger partial charge in [0.15, 0.2) is 6.19 Å². The van der Waals surface area contributed by atoms with Crippen molar-refractivity contribution in [1.82, 2.24) is 19.4 Å². The molecule has 0 aliphatic carbocycles. The summed E-state index contributed by atoms with van der Waals surface area (Å²) in [6.07, 6.45) is 5.84. The summed E-state index contributed by atoms with van der Waals surface area (Å²) in [5.41, 5.74) is 0.501. The molecule has 2 fully saturated rings. The monoisotopic (exact) mass is 489 g/mol. The highest BCUT2D eigenvalue weighted by atomic mass is 32.2. The van der Waals surface area contributed by atoms with E-state index in [1.54, 1.807) is 21.9 Å². The number of amides is 2. The van der Waals surface area contributed by atoms with Crippen molar-refractivity contribution in [1.29, 1.82) is 5.26 Å². The third kappa shape index (κ3) is 6.24. The molecule has 1 unspecified atom stereocenters. The Labute approximate surface area is 200 Å². The van der Waals surface area contributed by atoms with Gasteiger partial charge in [-0.05, 0) is 56.4 Å². The maximum absolute atomic E-state index is 13.1. The minimum Gasteiger partial charge on any atom is -0.341 e. The molecule has 34 heavy (non-hydrogen) atoms. The lowest BCUT2D eigenvalue weighted by molar-refractivity contribution is -0.140. The molecule has 3 rings (SSSR count). The van der Waals surface area contributed by atoms with E-state index in [2.05, 4.69) is 15.6 Å². The van der Waals surface area contributed by atoms with Gasteiger partial charge in [-0.15, -0.1) is 0 Å². The van der Waals surface area contributed by atoms with Gasteiger partial charge in [0.1, 0.15) is 6.04 Å². The van der Waals surface area contributed by atoms with Crippen molar-refractivity contribution in [2.75, 3.05) is 45.6 Å². The van der Waals surface area contributed by atoms with Crippen molar-refractivity contribution in [2.45, 2.75) is 43.0 Å². The van der Waals surface area contributed by atoms with Crippen LogP contribution in [0.15, 0.2) is 34.2 Å². The molecule has 12 heteroatoms. The van der Waals surface area contributed by atoms with E-state index in [0.29, 0.717) is 18.7 Å². The molecular weight excluding hydrogens is 458 g/mol. The third-order valence-electron chi connectivity index (χ3n) is 5.89. The average molecular weight is 490 g/mol. The van der Waals surface area contributed by atoms with Crippen LogP contribution in [0.2, 0.25) is 0 Å². The van der Waals surface area contributed by atoms with Crippen LogP contribution in [-0.4, -0.2) is 86.6 Å². The number of aliphatic imine (C=N–C) groups is 1. The second kappa shape index (κ2) is 11.3. The van der Waals surface area contributed by atoms with Gasteiger partial charge in [0, 0.05) is 39.4 Å². The van der Waals surface area contributed by atoms with Crippen LogP contribution in [0.1, 0.15) is 32.1 Å². The molecule has 0 saturated carbocycles. The molecule has 0 aromatic heterocycles. The van der Waals surface area contributed by atoms with Crippen LogP contribution in [0, 0.1) is 11.5 Å². The summed E-state index contributed by atoms with van der Waals surface area (Å²) in [5, 5.41) is 14.6. The summed E-state index contributed by atoms with van der Waals surface area (Å²) in [6, 6.07) is 5.28. The van der Waals surface area contributed by atoms with Gasteiger partial charge in [0.25, 0.3) is 0 Å². The number of guanidine groups is 1. The Kier molecular flexibility index (Phi) is 8.46. The maximum atomic E-state index is 13.1. The fraction of sp³-hybridized carbons (Fsp3) is 0.545. The van der Waals surface area contributed by atoms with Gasteiger partial charge in [0.2, 0.25) is 27.8 Å². The lowest BCUT2D eigenvalue weighted by atomic mass is 10.1. The lowest BCUT2D eigenvalue weighted by Gasteiger charge is -2.25. The van der Waals surface area contributed by atoms with Gasteiger partial charge in [-0.25, -0.2) is 17.7 Å². The molecule has 0 spiro atoms. The van der Waals surface area contributed by atoms with Gasteiger partial charge in [-0.1, -0.05) is 0 Å². The summed E-state index contributed by atoms with van der Waals surface area (Å²) in [5.74, 6) is -0.204. The molecule has 2 saturated heterocycles. The molecule has 2 heterocycles. The first-order valence-corrected chi connectivity index (χ1v) is 12.8. The van der Waals surface area contributed by atoms with Crippen LogP contribution >= 0.6 is 0 Å². The van der Waals surface area contributed by atoms with Crippen molar-refractivity contribution >= 4 is 33.5 Å². The molecule has 2 N–H and O–H groups in total. The number of hydrogen-bond acceptors (Lipinski definition) is 6. The molecule has 2 aliphatic heterocycles. The van der Waals surface area contributed by atoms with Crippen molar-refractivity contribution in [2.24, 2.45) is 4.99 Å². The Hall–Kier alpha value is -3.17. The van der Waals surface area contributed by atoms with Crippen LogP contribution in [0.5, 0.6) is 0 Å². The smallest absolute Gasteiger partial charge is 0.247 e. The van der Waals surface area contributed by atoms with Gasteiger partial charge < -0.3 is 15.1 Å². The topological polar surface area (TPSA) is 138 Å². The van der Waals surface area contributed by atoms with E-state index >= 15 is 0 Å². The number of nitrogens with one attached hydrogen (secondary N) is 2. The number of carbonyl (C=O) groups is 2. The highest BCUT2D eigenvalue weighted by Gasteiger charge is 2.30. The van der Waals surface area contributed by atoms with E-state index in [-0.39, 0.29) is 29.2 Å². The minimum atomic E-state index is -3.56. The molecular formula is C22H31N7O4S. The lowest BCUT2D eigenvalue weighted by Crippen LogP contribution is -2.45. The Morgan fingerprint density at radius 2 is 1.79 bits per heavy atom. The zero-order valence-electron chi connectivity index (χ0n) is 19.5. The third-order valence-corrected chi connectivity index (χ3v) is 7.72. The largest absolute Gasteiger partial charge is 0.341 e. The second-order valence-electron chi connectivity index (χ2n) is 8.51. The van der Waals surface area contributed by atoms with E-state index in [0.717, 1.165) is 43.1 Å². The Morgan fingerprint density at radius 1 is 1.15 bits per heavy atom. The number of nitriles is 1. The number of likely N-dealkylation sites (tertiary alicyclic amines) is 2. The van der Waals surface area contributed by atoms with Crippen molar-refractivity contribution in [3.8, 4) is 6.19 Å². The van der Waals surface area contributed by atoms with E-state index in [1.165, 1.54) is 26.2 Å². The van der Waals surface area contributed by atoms with Crippen molar-refractivity contribution < 1.29 is 18.0 Å². The highest BCUT2D eigenvalue weighted by molar-refractivity contribution is 7.89. The van der Waals surface area contributed by atoms with Crippen LogP contribution in [-0.2, 0) is 19.6 Å². The van der Waals surface area contributed by atoms with Gasteiger partial charge in [0.05, 0.1) is 11.4 Å². The summed E-state index contributed by atoms with van der Waals surface area (Å²) in [4.78, 5) is 33.6. The normalized spacial score (nSPS) is 19.6. The number of sulfonamides is 1. The SMILES string of the molecule is CN(C)S(=O)(=O)c1ccc(NC(=NC2CCCCN(CC(=O)N3CCCC3)C2=O)NC#N)cc1. The van der Waals surface area contributed by atoms with E-state index in [4.69, 9.17) is 5.26 Å². The Morgan fingerprint density at radius 3 is 2.41 bits per heavy atom. The number of nitrogens with zero attached hydrogens (tertiary/aromatic N) is 5. The fourth-order valence-corrected chi connectivity index (χ4v) is 4.86. The maximum Gasteiger partial charge on any atom is 0.247 e. The Bertz CT molecular complexity index is 1060. The van der Waals surface area contributed by atoms with E-state index in [9.17, 15) is 18.0 Å². The van der Waals surface area contributed by atoms with Crippen molar-refractivity contribution in [3.05, 3.63) is 24.3 Å². The number of anilines is 1. The number of carbonyl (C=O) groups excluding carboxylic acids is 2. The van der Waals surface area contributed by atoms with E-state index in [1.807, 2.05) is 6.19 Å². The van der Waals surface area contributed by atoms with Crippen LogP contribution in [0.25, 0.3) is 0 Å². The number of rotatable bonds is 6. The summed E-state index contributed by atoms with van der Waals surface area (Å²) >= 11 is 0. The molecule has 2 amide bonds. The zero-order valence-corrected chi connectivity index (χ0v) is 20.3. The molecule has 0 bridgehead atoms. The van der Waals surface area contributed by atoms with Crippen LogP contribution < -0.4 is 10.6 Å². The summed E-state index contributed by atoms with van der Waals surface area (Å²) in [7, 11) is -0.656. The first-order chi connectivity index (χ1) is 16.2. The molecule has 0 radical (unpaired) electrons. The highest BCUT2D eigenvalue weighted by Crippen LogP contribution is 2.19. The molecule has 184 valence electrons. The number of hydrogen-bond donors (Lipinski definition) is 2.